The molecule has 1 aromatic carbocycles. The SMILES string of the molecule is CS(=O)(=O)N1CCCC(=O)N2CCc3cc(ccc32)Nc2ncc(C(F)(F)F)c(n2)NCc2cccnc21. The second-order valence-electron chi connectivity index (χ2n) is 9.00. The molecule has 0 spiro atoms. The lowest BCUT2D eigenvalue weighted by Gasteiger charge is -2.25. The summed E-state index contributed by atoms with van der Waals surface area (Å²) in [6.07, 6.45) is -0.672. The molecular formula is C24H24F3N7O3S. The number of carbonyl (C=O) groups excluding carboxylic acids is 1. The van der Waals surface area contributed by atoms with Crippen LogP contribution in [0.3, 0.4) is 0 Å². The monoisotopic (exact) mass is 547 g/mol. The van der Waals surface area contributed by atoms with Gasteiger partial charge in [-0.15, -0.1) is 0 Å². The summed E-state index contributed by atoms with van der Waals surface area (Å²) < 4.78 is 67.7. The number of aromatic nitrogens is 3. The molecule has 6 bridgehead atoms. The van der Waals surface area contributed by atoms with E-state index in [1.165, 1.54) is 6.20 Å². The zero-order chi connectivity index (χ0) is 27.1. The molecule has 2 N–H and O–H groups in total. The third-order valence-electron chi connectivity index (χ3n) is 6.33. The first kappa shape index (κ1) is 25.7. The molecule has 3 aliphatic heterocycles. The average molecular weight is 548 g/mol. The van der Waals surface area contributed by atoms with E-state index in [-0.39, 0.29) is 43.6 Å². The Morgan fingerprint density at radius 3 is 2.63 bits per heavy atom. The molecule has 3 aliphatic rings. The number of alkyl halides is 3. The number of benzene rings is 1. The lowest BCUT2D eigenvalue weighted by molar-refractivity contribution is -0.137. The molecule has 3 aromatic rings. The summed E-state index contributed by atoms with van der Waals surface area (Å²) in [7, 11) is -3.82. The molecule has 0 fully saturated rings. The van der Waals surface area contributed by atoms with E-state index in [0.717, 1.165) is 21.8 Å². The Hall–Kier alpha value is -3.94. The molecule has 0 saturated heterocycles. The van der Waals surface area contributed by atoms with Gasteiger partial charge in [0.1, 0.15) is 17.2 Å². The summed E-state index contributed by atoms with van der Waals surface area (Å²) in [5.74, 6) is -0.584. The summed E-state index contributed by atoms with van der Waals surface area (Å²) >= 11 is 0. The highest BCUT2D eigenvalue weighted by Gasteiger charge is 2.35. The topological polar surface area (TPSA) is 120 Å². The second-order valence-corrected chi connectivity index (χ2v) is 10.9. The number of carbonyl (C=O) groups is 1. The van der Waals surface area contributed by atoms with E-state index < -0.39 is 27.6 Å². The highest BCUT2D eigenvalue weighted by Crippen LogP contribution is 2.36. The minimum Gasteiger partial charge on any atom is -0.365 e. The van der Waals surface area contributed by atoms with Gasteiger partial charge in [0, 0.05) is 55.4 Å². The van der Waals surface area contributed by atoms with Gasteiger partial charge in [0.25, 0.3) is 0 Å². The number of pyridine rings is 1. The van der Waals surface area contributed by atoms with Crippen molar-refractivity contribution in [3.8, 4) is 0 Å². The van der Waals surface area contributed by atoms with Gasteiger partial charge in [0.15, 0.2) is 0 Å². The number of halogens is 3. The molecule has 1 amide bonds. The third kappa shape index (κ3) is 5.21. The predicted molar refractivity (Wildman–Crippen MR) is 136 cm³/mol. The highest BCUT2D eigenvalue weighted by molar-refractivity contribution is 7.92. The van der Waals surface area contributed by atoms with Crippen LogP contribution in [0.2, 0.25) is 0 Å². The smallest absolute Gasteiger partial charge is 0.365 e. The van der Waals surface area contributed by atoms with E-state index >= 15 is 0 Å². The van der Waals surface area contributed by atoms with Crippen LogP contribution in [0.4, 0.5) is 42.1 Å². The average Bonchev–Trinajstić information content (AvgIpc) is 3.27. The Bertz CT molecular complexity index is 1500. The quantitative estimate of drug-likeness (QED) is 0.473. The van der Waals surface area contributed by atoms with E-state index in [1.807, 2.05) is 6.07 Å². The molecule has 0 radical (unpaired) electrons. The second kappa shape index (κ2) is 9.74. The fraction of sp³-hybridized carbons (Fsp3) is 0.333. The number of fused-ring (bicyclic) bond motifs is 6. The Morgan fingerprint density at radius 2 is 1.87 bits per heavy atom. The highest BCUT2D eigenvalue weighted by atomic mass is 32.2. The van der Waals surface area contributed by atoms with Crippen LogP contribution in [-0.4, -0.2) is 48.6 Å². The maximum atomic E-state index is 13.7. The van der Waals surface area contributed by atoms with Crippen molar-refractivity contribution in [2.75, 3.05) is 39.2 Å². The van der Waals surface area contributed by atoms with Gasteiger partial charge in [0.2, 0.25) is 21.9 Å². The van der Waals surface area contributed by atoms with Crippen molar-refractivity contribution in [3.05, 3.63) is 59.4 Å². The van der Waals surface area contributed by atoms with E-state index in [2.05, 4.69) is 25.6 Å². The van der Waals surface area contributed by atoms with Crippen molar-refractivity contribution in [3.63, 3.8) is 0 Å². The molecule has 0 unspecified atom stereocenters. The Balaban J connectivity index is 1.59. The summed E-state index contributed by atoms with van der Waals surface area (Å²) in [6, 6.07) is 8.40. The van der Waals surface area contributed by atoms with Crippen molar-refractivity contribution in [1.82, 2.24) is 15.0 Å². The summed E-state index contributed by atoms with van der Waals surface area (Å²) in [4.78, 5) is 26.8. The third-order valence-corrected chi connectivity index (χ3v) is 7.48. The maximum Gasteiger partial charge on any atom is 0.421 e. The van der Waals surface area contributed by atoms with Crippen LogP contribution in [0, 0.1) is 0 Å². The molecule has 38 heavy (non-hydrogen) atoms. The Kier molecular flexibility index (Phi) is 6.59. The Morgan fingerprint density at radius 1 is 1.05 bits per heavy atom. The minimum atomic E-state index is -4.72. The molecule has 10 nitrogen and oxygen atoms in total. The lowest BCUT2D eigenvalue weighted by Crippen LogP contribution is -2.34. The maximum absolute atomic E-state index is 13.7. The van der Waals surface area contributed by atoms with Crippen LogP contribution in [0.15, 0.2) is 42.7 Å². The van der Waals surface area contributed by atoms with Gasteiger partial charge >= 0.3 is 6.18 Å². The molecule has 200 valence electrons. The van der Waals surface area contributed by atoms with E-state index in [1.54, 1.807) is 29.2 Å². The van der Waals surface area contributed by atoms with Gasteiger partial charge in [0.05, 0.1) is 6.26 Å². The summed E-state index contributed by atoms with van der Waals surface area (Å²) in [5.41, 5.74) is 1.48. The molecule has 14 heteroatoms. The van der Waals surface area contributed by atoms with Crippen molar-refractivity contribution in [2.45, 2.75) is 32.0 Å². The minimum absolute atomic E-state index is 0.0242. The molecule has 0 saturated carbocycles. The Labute approximate surface area is 217 Å². The molecular weight excluding hydrogens is 523 g/mol. The van der Waals surface area contributed by atoms with Crippen molar-refractivity contribution in [2.24, 2.45) is 0 Å². The number of sulfonamides is 1. The first-order chi connectivity index (χ1) is 18.0. The van der Waals surface area contributed by atoms with E-state index in [9.17, 15) is 26.4 Å². The molecule has 5 heterocycles. The zero-order valence-electron chi connectivity index (χ0n) is 20.3. The molecule has 0 aliphatic carbocycles. The summed E-state index contributed by atoms with van der Waals surface area (Å²) in [5, 5.41) is 5.62. The normalized spacial score (nSPS) is 16.4. The number of hydrogen-bond donors (Lipinski definition) is 2. The van der Waals surface area contributed by atoms with Crippen molar-refractivity contribution < 1.29 is 26.4 Å². The predicted octanol–water partition coefficient (Wildman–Crippen LogP) is 3.70. The van der Waals surface area contributed by atoms with Crippen molar-refractivity contribution >= 4 is 44.9 Å². The largest absolute Gasteiger partial charge is 0.421 e. The van der Waals surface area contributed by atoms with Gasteiger partial charge in [-0.3, -0.25) is 9.10 Å². The zero-order valence-corrected chi connectivity index (χ0v) is 21.1. The van der Waals surface area contributed by atoms with Crippen LogP contribution < -0.4 is 19.8 Å². The van der Waals surface area contributed by atoms with Gasteiger partial charge in [-0.2, -0.15) is 18.2 Å². The number of rotatable bonds is 1. The number of nitrogens with one attached hydrogen (secondary N) is 2. The van der Waals surface area contributed by atoms with Crippen LogP contribution in [0.25, 0.3) is 0 Å². The molecule has 0 atom stereocenters. The standard InChI is InChI=1S/C24H24F3N7O3S/c1-38(36,37)34-10-3-5-20(35)33-11-8-15-12-17(6-7-19(15)33)31-23-30-14-18(24(25,26)27)21(32-23)29-13-16-4-2-9-28-22(16)34/h2,4,6-7,9,12,14H,3,5,8,10-11,13H2,1H3,(H2,29,30,31,32). The van der Waals surface area contributed by atoms with E-state index in [4.69, 9.17) is 0 Å². The van der Waals surface area contributed by atoms with Crippen LogP contribution >= 0.6 is 0 Å². The fourth-order valence-electron chi connectivity index (χ4n) is 4.56. The van der Waals surface area contributed by atoms with E-state index in [0.29, 0.717) is 30.4 Å². The van der Waals surface area contributed by atoms with Gasteiger partial charge in [-0.25, -0.2) is 18.4 Å². The first-order valence-corrected chi connectivity index (χ1v) is 13.7. The van der Waals surface area contributed by atoms with Crippen LogP contribution in [0.5, 0.6) is 0 Å². The lowest BCUT2D eigenvalue weighted by atomic mass is 10.1. The molecule has 6 rings (SSSR count). The number of amides is 1. The van der Waals surface area contributed by atoms with Gasteiger partial charge < -0.3 is 15.5 Å². The summed E-state index contributed by atoms with van der Waals surface area (Å²) in [6.45, 7) is 0.256. The number of anilines is 5. The van der Waals surface area contributed by atoms with Gasteiger partial charge in [-0.1, -0.05) is 6.07 Å². The number of hydrogen-bond acceptors (Lipinski definition) is 8. The van der Waals surface area contributed by atoms with Crippen LogP contribution in [0.1, 0.15) is 29.5 Å². The van der Waals surface area contributed by atoms with Crippen molar-refractivity contribution in [1.29, 1.82) is 0 Å². The van der Waals surface area contributed by atoms with Gasteiger partial charge in [-0.05, 0) is 42.7 Å². The van der Waals surface area contributed by atoms with Crippen LogP contribution in [-0.2, 0) is 34.0 Å². The molecule has 2 aromatic heterocycles. The number of nitrogens with zero attached hydrogens (tertiary/aromatic N) is 5. The fourth-order valence-corrected chi connectivity index (χ4v) is 5.50. The first-order valence-electron chi connectivity index (χ1n) is 11.8.